The summed E-state index contributed by atoms with van der Waals surface area (Å²) in [6.07, 6.45) is 3.12. The number of ether oxygens (including phenoxy) is 1. The van der Waals surface area contributed by atoms with Crippen LogP contribution < -0.4 is 10.2 Å². The molecule has 0 fully saturated rings. The van der Waals surface area contributed by atoms with Crippen LogP contribution in [0.5, 0.6) is 5.75 Å². The van der Waals surface area contributed by atoms with E-state index in [2.05, 4.69) is 15.5 Å². The molecule has 5 nitrogen and oxygen atoms in total. The topological polar surface area (TPSA) is 63.6 Å². The average molecular weight is 318 g/mol. The summed E-state index contributed by atoms with van der Waals surface area (Å²) in [6.45, 7) is 3.65. The van der Waals surface area contributed by atoms with Crippen LogP contribution in [0.15, 0.2) is 41.6 Å². The van der Waals surface area contributed by atoms with Crippen LogP contribution in [0.2, 0.25) is 5.02 Å². The molecule has 114 valence electrons. The van der Waals surface area contributed by atoms with Crippen molar-refractivity contribution in [2.75, 3.05) is 6.61 Å². The maximum Gasteiger partial charge on any atom is 0.277 e. The van der Waals surface area contributed by atoms with Crippen molar-refractivity contribution < 1.29 is 9.53 Å². The molecule has 0 saturated heterocycles. The van der Waals surface area contributed by atoms with E-state index in [0.717, 1.165) is 11.1 Å². The smallest absolute Gasteiger partial charge is 0.277 e. The summed E-state index contributed by atoms with van der Waals surface area (Å²) in [5.41, 5.74) is 4.86. The van der Waals surface area contributed by atoms with Gasteiger partial charge in [0.25, 0.3) is 5.91 Å². The Morgan fingerprint density at radius 2 is 2.09 bits per heavy atom. The monoisotopic (exact) mass is 317 g/mol. The number of nitrogens with one attached hydrogen (secondary N) is 1. The number of aromatic nitrogens is 1. The predicted octanol–water partition coefficient (Wildman–Crippen LogP) is 2.88. The van der Waals surface area contributed by atoms with Crippen molar-refractivity contribution in [1.29, 1.82) is 0 Å². The SMILES string of the molecule is Cc1cc(OCC(=O)N/N=C\c2ccccn2)cc(C)c1Cl. The van der Waals surface area contributed by atoms with E-state index in [1.807, 2.05) is 19.9 Å². The van der Waals surface area contributed by atoms with E-state index in [9.17, 15) is 4.79 Å². The minimum absolute atomic E-state index is 0.125. The first-order chi connectivity index (χ1) is 10.6. The van der Waals surface area contributed by atoms with E-state index in [0.29, 0.717) is 16.5 Å². The number of hydrazone groups is 1. The molecule has 1 heterocycles. The molecular weight excluding hydrogens is 302 g/mol. The number of carbonyl (C=O) groups is 1. The van der Waals surface area contributed by atoms with Crippen LogP contribution in [0.3, 0.4) is 0 Å². The first-order valence-corrected chi connectivity index (χ1v) is 7.06. The third kappa shape index (κ3) is 4.56. The Morgan fingerprint density at radius 1 is 1.36 bits per heavy atom. The summed E-state index contributed by atoms with van der Waals surface area (Å²) in [6, 6.07) is 9.01. The molecule has 0 aliphatic rings. The Morgan fingerprint density at radius 3 is 2.73 bits per heavy atom. The number of hydrogen-bond donors (Lipinski definition) is 1. The number of pyridine rings is 1. The Bertz CT molecular complexity index is 664. The summed E-state index contributed by atoms with van der Waals surface area (Å²) < 4.78 is 5.43. The zero-order valence-corrected chi connectivity index (χ0v) is 13.1. The molecule has 1 aromatic heterocycles. The van der Waals surface area contributed by atoms with Crippen molar-refractivity contribution in [3.05, 3.63) is 58.4 Å². The summed E-state index contributed by atoms with van der Waals surface area (Å²) >= 11 is 6.08. The molecule has 0 aliphatic carbocycles. The maximum atomic E-state index is 11.6. The van der Waals surface area contributed by atoms with Gasteiger partial charge in [0.15, 0.2) is 6.61 Å². The van der Waals surface area contributed by atoms with Gasteiger partial charge in [0, 0.05) is 11.2 Å². The minimum Gasteiger partial charge on any atom is -0.484 e. The molecule has 1 amide bonds. The summed E-state index contributed by atoms with van der Waals surface area (Å²) in [7, 11) is 0. The van der Waals surface area contributed by atoms with Gasteiger partial charge in [-0.15, -0.1) is 0 Å². The Balaban J connectivity index is 1.84. The van der Waals surface area contributed by atoms with Gasteiger partial charge >= 0.3 is 0 Å². The van der Waals surface area contributed by atoms with Crippen LogP contribution in [-0.2, 0) is 4.79 Å². The van der Waals surface area contributed by atoms with E-state index >= 15 is 0 Å². The molecule has 22 heavy (non-hydrogen) atoms. The number of halogens is 1. The normalized spacial score (nSPS) is 10.7. The number of nitrogens with zero attached hydrogens (tertiary/aromatic N) is 2. The van der Waals surface area contributed by atoms with Crippen molar-refractivity contribution in [3.63, 3.8) is 0 Å². The quantitative estimate of drug-likeness (QED) is 0.681. The van der Waals surface area contributed by atoms with Gasteiger partial charge in [-0.2, -0.15) is 5.10 Å². The molecule has 1 N–H and O–H groups in total. The van der Waals surface area contributed by atoms with Gasteiger partial charge in [0.2, 0.25) is 0 Å². The summed E-state index contributed by atoms with van der Waals surface area (Å²) in [5.74, 6) is 0.251. The van der Waals surface area contributed by atoms with Crippen LogP contribution in [0.1, 0.15) is 16.8 Å². The van der Waals surface area contributed by atoms with Crippen molar-refractivity contribution in [2.45, 2.75) is 13.8 Å². The van der Waals surface area contributed by atoms with E-state index in [4.69, 9.17) is 16.3 Å². The van der Waals surface area contributed by atoms with Crippen molar-refractivity contribution in [1.82, 2.24) is 10.4 Å². The fraction of sp³-hybridized carbons (Fsp3) is 0.188. The molecule has 0 atom stereocenters. The molecule has 0 aliphatic heterocycles. The second kappa shape index (κ2) is 7.56. The third-order valence-corrected chi connectivity index (χ3v) is 3.45. The zero-order chi connectivity index (χ0) is 15.9. The van der Waals surface area contributed by atoms with Gasteiger partial charge in [-0.05, 0) is 49.2 Å². The fourth-order valence-corrected chi connectivity index (χ4v) is 1.90. The molecule has 0 unspecified atom stereocenters. The Hall–Kier alpha value is -2.40. The number of amides is 1. The van der Waals surface area contributed by atoms with E-state index in [-0.39, 0.29) is 12.5 Å². The van der Waals surface area contributed by atoms with Crippen LogP contribution in [0.4, 0.5) is 0 Å². The summed E-state index contributed by atoms with van der Waals surface area (Å²) in [5, 5.41) is 4.52. The van der Waals surface area contributed by atoms with Gasteiger partial charge in [-0.3, -0.25) is 9.78 Å². The van der Waals surface area contributed by atoms with Crippen molar-refractivity contribution in [2.24, 2.45) is 5.10 Å². The van der Waals surface area contributed by atoms with Crippen molar-refractivity contribution >= 4 is 23.7 Å². The molecule has 2 rings (SSSR count). The van der Waals surface area contributed by atoms with E-state index in [1.54, 1.807) is 30.5 Å². The molecule has 0 saturated carbocycles. The lowest BCUT2D eigenvalue weighted by Crippen LogP contribution is -2.24. The summed E-state index contributed by atoms with van der Waals surface area (Å²) in [4.78, 5) is 15.7. The van der Waals surface area contributed by atoms with Gasteiger partial charge < -0.3 is 4.74 Å². The Labute approximate surface area is 134 Å². The molecule has 0 bridgehead atoms. The maximum absolute atomic E-state index is 11.6. The standard InChI is InChI=1S/C16H16ClN3O2/c1-11-7-14(8-12(2)16(11)17)22-10-15(21)20-19-9-13-5-3-4-6-18-13/h3-9H,10H2,1-2H3,(H,20,21)/b19-9-. The van der Waals surface area contributed by atoms with E-state index < -0.39 is 0 Å². The lowest BCUT2D eigenvalue weighted by atomic mass is 10.1. The lowest BCUT2D eigenvalue weighted by molar-refractivity contribution is -0.123. The molecular formula is C16H16ClN3O2. The van der Waals surface area contributed by atoms with Gasteiger partial charge in [-0.25, -0.2) is 5.43 Å². The fourth-order valence-electron chi connectivity index (χ4n) is 1.79. The number of benzene rings is 1. The minimum atomic E-state index is -0.350. The number of carbonyl (C=O) groups excluding carboxylic acids is 1. The van der Waals surface area contributed by atoms with Crippen LogP contribution >= 0.6 is 11.6 Å². The Kier molecular flexibility index (Phi) is 5.49. The number of hydrogen-bond acceptors (Lipinski definition) is 4. The van der Waals surface area contributed by atoms with Crippen LogP contribution in [-0.4, -0.2) is 23.7 Å². The van der Waals surface area contributed by atoms with Gasteiger partial charge in [0.05, 0.1) is 11.9 Å². The first-order valence-electron chi connectivity index (χ1n) is 6.69. The molecule has 6 heteroatoms. The largest absolute Gasteiger partial charge is 0.484 e. The van der Waals surface area contributed by atoms with Crippen LogP contribution in [0, 0.1) is 13.8 Å². The average Bonchev–Trinajstić information content (AvgIpc) is 2.51. The number of aryl methyl sites for hydroxylation is 2. The molecule has 2 aromatic rings. The van der Waals surface area contributed by atoms with Gasteiger partial charge in [0.1, 0.15) is 5.75 Å². The second-order valence-electron chi connectivity index (χ2n) is 4.71. The zero-order valence-electron chi connectivity index (χ0n) is 12.3. The molecule has 1 aromatic carbocycles. The number of rotatable bonds is 5. The highest BCUT2D eigenvalue weighted by Gasteiger charge is 2.06. The molecule has 0 radical (unpaired) electrons. The lowest BCUT2D eigenvalue weighted by Gasteiger charge is -2.09. The van der Waals surface area contributed by atoms with Gasteiger partial charge in [-0.1, -0.05) is 17.7 Å². The predicted molar refractivity (Wildman–Crippen MR) is 86.4 cm³/mol. The van der Waals surface area contributed by atoms with Crippen LogP contribution in [0.25, 0.3) is 0 Å². The first kappa shape index (κ1) is 16.0. The molecule has 0 spiro atoms. The highest BCUT2D eigenvalue weighted by atomic mass is 35.5. The second-order valence-corrected chi connectivity index (χ2v) is 5.09. The highest BCUT2D eigenvalue weighted by molar-refractivity contribution is 6.32. The third-order valence-electron chi connectivity index (χ3n) is 2.85. The van der Waals surface area contributed by atoms with E-state index in [1.165, 1.54) is 6.21 Å². The van der Waals surface area contributed by atoms with Crippen molar-refractivity contribution in [3.8, 4) is 5.75 Å². The highest BCUT2D eigenvalue weighted by Crippen LogP contribution is 2.25.